The van der Waals surface area contributed by atoms with Gasteiger partial charge in [-0.15, -0.1) is 0 Å². The Hall–Kier alpha value is -2.65. The molecule has 7 N–H and O–H groups in total. The summed E-state index contributed by atoms with van der Waals surface area (Å²) in [5, 5.41) is 14.8. The molecular weight excluding hydrogens is 352 g/mol. The van der Waals surface area contributed by atoms with Crippen LogP contribution in [0.4, 0.5) is 4.79 Å². The van der Waals surface area contributed by atoms with Crippen LogP contribution in [-0.2, 0) is 20.7 Å². The third kappa shape index (κ3) is 8.52. The van der Waals surface area contributed by atoms with Gasteiger partial charge in [-0.3, -0.25) is 4.79 Å². The van der Waals surface area contributed by atoms with Crippen LogP contribution < -0.4 is 22.1 Å². The number of hydrogen-bond acceptors (Lipinski definition) is 6. The van der Waals surface area contributed by atoms with Crippen molar-refractivity contribution in [1.82, 2.24) is 10.6 Å². The first-order valence-corrected chi connectivity index (χ1v) is 8.68. The second kappa shape index (κ2) is 11.1. The van der Waals surface area contributed by atoms with Crippen molar-refractivity contribution < 1.29 is 24.2 Å². The number of rotatable bonds is 10. The number of amides is 3. The minimum atomic E-state index is -1.49. The Bertz CT molecular complexity index is 623. The lowest BCUT2D eigenvalue weighted by Crippen LogP contribution is -2.52. The number of hydrogen-bond donors (Lipinski definition) is 5. The fourth-order valence-corrected chi connectivity index (χ4v) is 2.41. The standard InChI is InChI=1S/C18H28N4O5/c1-11(2)8-14(17(25)27-10-21-18(20)26)22-16(24)15(23)13(19)9-12-6-4-3-5-7-12/h3-7,11,13-15,23H,8-10,19H2,1-2H3,(H,22,24)(H3,20,21,26)/t13-,14+,15+/m1/s1. The Kier molecular flexibility index (Phi) is 9.24. The molecule has 1 rings (SSSR count). The average Bonchev–Trinajstić information content (AvgIpc) is 2.60. The van der Waals surface area contributed by atoms with Crippen LogP contribution in [0.15, 0.2) is 30.3 Å². The number of nitrogens with two attached hydrogens (primary N) is 2. The number of aliphatic hydroxyl groups excluding tert-OH is 1. The highest BCUT2D eigenvalue weighted by Crippen LogP contribution is 2.09. The summed E-state index contributed by atoms with van der Waals surface area (Å²) < 4.78 is 4.87. The number of ether oxygens (including phenoxy) is 1. The normalized spacial score (nSPS) is 14.1. The fraction of sp³-hybridized carbons (Fsp3) is 0.500. The minimum Gasteiger partial charge on any atom is -0.443 e. The van der Waals surface area contributed by atoms with Gasteiger partial charge in [0.25, 0.3) is 5.91 Å². The maximum Gasteiger partial charge on any atom is 0.330 e. The van der Waals surface area contributed by atoms with E-state index in [0.29, 0.717) is 12.8 Å². The second-order valence-electron chi connectivity index (χ2n) is 6.64. The quantitative estimate of drug-likeness (QED) is 0.275. The van der Waals surface area contributed by atoms with Crippen LogP contribution in [0.25, 0.3) is 0 Å². The zero-order chi connectivity index (χ0) is 20.4. The van der Waals surface area contributed by atoms with Gasteiger partial charge in [0.2, 0.25) is 0 Å². The van der Waals surface area contributed by atoms with Gasteiger partial charge in [0.05, 0.1) is 0 Å². The van der Waals surface area contributed by atoms with Gasteiger partial charge in [0, 0.05) is 6.04 Å². The van der Waals surface area contributed by atoms with E-state index < -0.39 is 42.8 Å². The number of carbonyl (C=O) groups excluding carboxylic acids is 3. The van der Waals surface area contributed by atoms with E-state index in [0.717, 1.165) is 5.56 Å². The zero-order valence-electron chi connectivity index (χ0n) is 15.6. The third-order valence-corrected chi connectivity index (χ3v) is 3.76. The molecular formula is C18H28N4O5. The molecule has 0 aliphatic heterocycles. The summed E-state index contributed by atoms with van der Waals surface area (Å²) in [4.78, 5) is 35.1. The van der Waals surface area contributed by atoms with Crippen LogP contribution in [0.1, 0.15) is 25.8 Å². The van der Waals surface area contributed by atoms with Crippen LogP contribution in [0.3, 0.4) is 0 Å². The predicted octanol–water partition coefficient (Wildman–Crippen LogP) is -0.383. The van der Waals surface area contributed by atoms with Gasteiger partial charge < -0.3 is 31.9 Å². The number of primary amides is 1. The SMILES string of the molecule is CC(C)C[C@H](NC(=O)[C@@H](O)[C@H](N)Cc1ccccc1)C(=O)OCNC(N)=O. The largest absolute Gasteiger partial charge is 0.443 e. The van der Waals surface area contributed by atoms with E-state index in [1.165, 1.54) is 0 Å². The molecule has 9 nitrogen and oxygen atoms in total. The maximum absolute atomic E-state index is 12.3. The highest BCUT2D eigenvalue weighted by molar-refractivity contribution is 5.87. The number of esters is 1. The number of urea groups is 1. The third-order valence-electron chi connectivity index (χ3n) is 3.76. The smallest absolute Gasteiger partial charge is 0.330 e. The topological polar surface area (TPSA) is 157 Å². The van der Waals surface area contributed by atoms with Gasteiger partial charge in [-0.1, -0.05) is 44.2 Å². The summed E-state index contributed by atoms with van der Waals surface area (Å²) in [5.74, 6) is -1.43. The first-order valence-electron chi connectivity index (χ1n) is 8.68. The van der Waals surface area contributed by atoms with Crippen molar-refractivity contribution in [3.8, 4) is 0 Å². The molecule has 3 atom stereocenters. The molecule has 0 fully saturated rings. The van der Waals surface area contributed by atoms with Crippen molar-refractivity contribution in [2.45, 2.75) is 44.9 Å². The molecule has 0 heterocycles. The van der Waals surface area contributed by atoms with Gasteiger partial charge in [-0.25, -0.2) is 9.59 Å². The average molecular weight is 380 g/mol. The molecule has 27 heavy (non-hydrogen) atoms. The summed E-state index contributed by atoms with van der Waals surface area (Å²) in [6, 6.07) is 6.56. The number of nitrogens with one attached hydrogen (secondary N) is 2. The number of carbonyl (C=O) groups is 3. The van der Waals surface area contributed by atoms with E-state index >= 15 is 0 Å². The second-order valence-corrected chi connectivity index (χ2v) is 6.64. The summed E-state index contributed by atoms with van der Waals surface area (Å²) in [6.45, 7) is 3.33. The molecule has 0 aliphatic rings. The first kappa shape index (κ1) is 22.4. The molecule has 150 valence electrons. The van der Waals surface area contributed by atoms with Gasteiger partial charge in [-0.05, 0) is 24.3 Å². The lowest BCUT2D eigenvalue weighted by molar-refractivity contribution is -0.150. The van der Waals surface area contributed by atoms with Crippen molar-refractivity contribution in [3.05, 3.63) is 35.9 Å². The lowest BCUT2D eigenvalue weighted by Gasteiger charge is -2.23. The van der Waals surface area contributed by atoms with Crippen molar-refractivity contribution >= 4 is 17.9 Å². The molecule has 0 saturated heterocycles. The van der Waals surface area contributed by atoms with E-state index in [-0.39, 0.29) is 5.92 Å². The van der Waals surface area contributed by atoms with E-state index in [9.17, 15) is 19.5 Å². The zero-order valence-corrected chi connectivity index (χ0v) is 15.6. The fourth-order valence-electron chi connectivity index (χ4n) is 2.41. The van der Waals surface area contributed by atoms with Crippen LogP contribution in [0.2, 0.25) is 0 Å². The predicted molar refractivity (Wildman–Crippen MR) is 99.2 cm³/mol. The molecule has 0 saturated carbocycles. The van der Waals surface area contributed by atoms with Crippen molar-refractivity contribution in [1.29, 1.82) is 0 Å². The van der Waals surface area contributed by atoms with Crippen LogP contribution >= 0.6 is 0 Å². The highest BCUT2D eigenvalue weighted by atomic mass is 16.5. The Morgan fingerprint density at radius 3 is 2.37 bits per heavy atom. The summed E-state index contributed by atoms with van der Waals surface area (Å²) in [6.07, 6.45) is -0.893. The van der Waals surface area contributed by atoms with Crippen molar-refractivity contribution in [2.75, 3.05) is 6.73 Å². The molecule has 0 aliphatic carbocycles. The molecule has 3 amide bonds. The minimum absolute atomic E-state index is 0.0714. The Morgan fingerprint density at radius 2 is 1.81 bits per heavy atom. The Balaban J connectivity index is 2.65. The van der Waals surface area contributed by atoms with Gasteiger partial charge in [0.1, 0.15) is 12.1 Å². The summed E-state index contributed by atoms with van der Waals surface area (Å²) in [7, 11) is 0. The lowest BCUT2D eigenvalue weighted by atomic mass is 10.00. The molecule has 0 bridgehead atoms. The van der Waals surface area contributed by atoms with Crippen LogP contribution in [0, 0.1) is 5.92 Å². The van der Waals surface area contributed by atoms with E-state index in [4.69, 9.17) is 16.2 Å². The molecule has 0 spiro atoms. The van der Waals surface area contributed by atoms with E-state index in [2.05, 4.69) is 10.6 Å². The summed E-state index contributed by atoms with van der Waals surface area (Å²) >= 11 is 0. The Labute approximate surface area is 158 Å². The van der Waals surface area contributed by atoms with Crippen molar-refractivity contribution in [2.24, 2.45) is 17.4 Å². The van der Waals surface area contributed by atoms with E-state index in [1.54, 1.807) is 0 Å². The molecule has 1 aromatic rings. The highest BCUT2D eigenvalue weighted by Gasteiger charge is 2.29. The van der Waals surface area contributed by atoms with Crippen molar-refractivity contribution in [3.63, 3.8) is 0 Å². The first-order chi connectivity index (χ1) is 12.7. The number of benzene rings is 1. The van der Waals surface area contributed by atoms with Crippen LogP contribution in [-0.4, -0.2) is 47.9 Å². The molecule has 0 radical (unpaired) electrons. The van der Waals surface area contributed by atoms with Gasteiger partial charge in [0.15, 0.2) is 6.73 Å². The summed E-state index contributed by atoms with van der Waals surface area (Å²) in [5.41, 5.74) is 11.7. The Morgan fingerprint density at radius 1 is 1.19 bits per heavy atom. The van der Waals surface area contributed by atoms with Gasteiger partial charge in [-0.2, -0.15) is 0 Å². The van der Waals surface area contributed by atoms with E-state index in [1.807, 2.05) is 44.2 Å². The van der Waals surface area contributed by atoms with Crippen LogP contribution in [0.5, 0.6) is 0 Å². The van der Waals surface area contributed by atoms with Gasteiger partial charge >= 0.3 is 12.0 Å². The molecule has 0 aromatic heterocycles. The monoisotopic (exact) mass is 380 g/mol. The molecule has 1 aromatic carbocycles. The molecule has 9 heteroatoms. The molecule has 0 unspecified atom stereocenters. The maximum atomic E-state index is 12.3. The number of aliphatic hydroxyl groups is 1.